The first-order valence-electron chi connectivity index (χ1n) is 7.10. The number of anilines is 1. The van der Waals surface area contributed by atoms with E-state index in [0.717, 1.165) is 17.6 Å². The number of ether oxygens (including phenoxy) is 1. The first-order chi connectivity index (χ1) is 9.45. The van der Waals surface area contributed by atoms with Crippen molar-refractivity contribution in [3.05, 3.63) is 10.7 Å². The van der Waals surface area contributed by atoms with E-state index in [4.69, 9.17) is 4.74 Å². The molecule has 1 aromatic rings. The van der Waals surface area contributed by atoms with Crippen LogP contribution in [0, 0.1) is 0 Å². The highest BCUT2D eigenvalue weighted by Gasteiger charge is 2.13. The lowest BCUT2D eigenvalue weighted by atomic mass is 10.2. The zero-order valence-corrected chi connectivity index (χ0v) is 14.6. The number of hydrogen-bond acceptors (Lipinski definition) is 5. The molecule has 20 heavy (non-hydrogen) atoms. The summed E-state index contributed by atoms with van der Waals surface area (Å²) >= 11 is 3.42. The lowest BCUT2D eigenvalue weighted by Gasteiger charge is -2.30. The largest absolute Gasteiger partial charge is 0.475 e. The van der Waals surface area contributed by atoms with E-state index < -0.39 is 0 Å². The Balaban J connectivity index is 2.58. The standard InChI is InChI=1S/C14H25BrN4O/c1-6-16-14-17-9-12(15)13(18-14)20-8-7-19(10(2)3)11(4)5/h9-11H,6-8H2,1-5H3,(H,16,17,18). The van der Waals surface area contributed by atoms with Gasteiger partial charge in [0.25, 0.3) is 0 Å². The van der Waals surface area contributed by atoms with Crippen molar-refractivity contribution >= 4 is 21.9 Å². The zero-order valence-electron chi connectivity index (χ0n) is 13.0. The van der Waals surface area contributed by atoms with Crippen LogP contribution < -0.4 is 10.1 Å². The maximum atomic E-state index is 5.77. The van der Waals surface area contributed by atoms with Crippen LogP contribution in [-0.4, -0.2) is 46.6 Å². The molecule has 0 aliphatic heterocycles. The van der Waals surface area contributed by atoms with E-state index in [1.54, 1.807) is 6.20 Å². The van der Waals surface area contributed by atoms with Gasteiger partial charge in [0.15, 0.2) is 0 Å². The number of nitrogens with one attached hydrogen (secondary N) is 1. The number of halogens is 1. The highest BCUT2D eigenvalue weighted by molar-refractivity contribution is 9.10. The van der Waals surface area contributed by atoms with Crippen LogP contribution in [0.1, 0.15) is 34.6 Å². The molecule has 114 valence electrons. The molecule has 0 amide bonds. The molecule has 6 heteroatoms. The third-order valence-electron chi connectivity index (χ3n) is 2.96. The van der Waals surface area contributed by atoms with Gasteiger partial charge in [-0.2, -0.15) is 4.98 Å². The Morgan fingerprint density at radius 1 is 1.30 bits per heavy atom. The van der Waals surface area contributed by atoms with Crippen LogP contribution in [0.15, 0.2) is 10.7 Å². The van der Waals surface area contributed by atoms with Crippen molar-refractivity contribution in [1.82, 2.24) is 14.9 Å². The highest BCUT2D eigenvalue weighted by atomic mass is 79.9. The normalized spacial score (nSPS) is 11.4. The van der Waals surface area contributed by atoms with Crippen molar-refractivity contribution in [2.75, 3.05) is 25.0 Å². The third-order valence-corrected chi connectivity index (χ3v) is 3.51. The molecule has 0 aromatic carbocycles. The van der Waals surface area contributed by atoms with E-state index >= 15 is 0 Å². The van der Waals surface area contributed by atoms with Crippen LogP contribution in [0.25, 0.3) is 0 Å². The Kier molecular flexibility index (Phi) is 7.23. The minimum atomic E-state index is 0.504. The summed E-state index contributed by atoms with van der Waals surface area (Å²) in [7, 11) is 0. The maximum Gasteiger partial charge on any atom is 0.232 e. The molecule has 0 saturated heterocycles. The van der Waals surface area contributed by atoms with Crippen LogP contribution in [0.2, 0.25) is 0 Å². The second kappa shape index (κ2) is 8.42. The van der Waals surface area contributed by atoms with Gasteiger partial charge in [0.05, 0.1) is 10.7 Å². The van der Waals surface area contributed by atoms with Gasteiger partial charge in [0.2, 0.25) is 11.8 Å². The second-order valence-electron chi connectivity index (χ2n) is 5.15. The second-order valence-corrected chi connectivity index (χ2v) is 6.01. The Morgan fingerprint density at radius 2 is 1.95 bits per heavy atom. The molecule has 0 fully saturated rings. The number of hydrogen-bond donors (Lipinski definition) is 1. The minimum absolute atomic E-state index is 0.504. The summed E-state index contributed by atoms with van der Waals surface area (Å²) in [5, 5.41) is 3.08. The fraction of sp³-hybridized carbons (Fsp3) is 0.714. The molecule has 1 heterocycles. The summed E-state index contributed by atoms with van der Waals surface area (Å²) in [4.78, 5) is 10.9. The van der Waals surface area contributed by atoms with E-state index in [1.165, 1.54) is 0 Å². The highest BCUT2D eigenvalue weighted by Crippen LogP contribution is 2.22. The third kappa shape index (κ3) is 5.25. The smallest absolute Gasteiger partial charge is 0.232 e. The van der Waals surface area contributed by atoms with Gasteiger partial charge in [-0.3, -0.25) is 4.90 Å². The Hall–Kier alpha value is -0.880. The van der Waals surface area contributed by atoms with Crippen molar-refractivity contribution in [3.63, 3.8) is 0 Å². The molecular weight excluding hydrogens is 320 g/mol. The van der Waals surface area contributed by atoms with E-state index in [0.29, 0.717) is 30.5 Å². The van der Waals surface area contributed by atoms with E-state index in [1.807, 2.05) is 6.92 Å². The predicted octanol–water partition coefficient (Wildman–Crippen LogP) is 3.17. The molecule has 0 radical (unpaired) electrons. The van der Waals surface area contributed by atoms with Crippen molar-refractivity contribution in [3.8, 4) is 5.88 Å². The van der Waals surface area contributed by atoms with Gasteiger partial charge in [-0.05, 0) is 50.5 Å². The molecule has 1 rings (SSSR count). The lowest BCUT2D eigenvalue weighted by Crippen LogP contribution is -2.39. The quantitative estimate of drug-likeness (QED) is 0.784. The summed E-state index contributed by atoms with van der Waals surface area (Å²) in [6, 6.07) is 1.01. The van der Waals surface area contributed by atoms with Gasteiger partial charge < -0.3 is 10.1 Å². The molecule has 0 saturated carbocycles. The summed E-state index contributed by atoms with van der Waals surface area (Å²) in [5.41, 5.74) is 0. The monoisotopic (exact) mass is 344 g/mol. The molecule has 1 N–H and O–H groups in total. The fourth-order valence-electron chi connectivity index (χ4n) is 2.06. The van der Waals surface area contributed by atoms with Crippen molar-refractivity contribution in [2.45, 2.75) is 46.7 Å². The Bertz CT molecular complexity index is 404. The molecular formula is C14H25BrN4O. The number of nitrogens with zero attached hydrogens (tertiary/aromatic N) is 3. The predicted molar refractivity (Wildman–Crippen MR) is 86.4 cm³/mol. The van der Waals surface area contributed by atoms with Crippen molar-refractivity contribution < 1.29 is 4.74 Å². The molecule has 0 spiro atoms. The molecule has 0 unspecified atom stereocenters. The lowest BCUT2D eigenvalue weighted by molar-refractivity contribution is 0.140. The van der Waals surface area contributed by atoms with E-state index in [9.17, 15) is 0 Å². The van der Waals surface area contributed by atoms with Crippen molar-refractivity contribution in [1.29, 1.82) is 0 Å². The molecule has 0 bridgehead atoms. The van der Waals surface area contributed by atoms with Crippen molar-refractivity contribution in [2.24, 2.45) is 0 Å². The first kappa shape index (κ1) is 17.2. The van der Waals surface area contributed by atoms with Gasteiger partial charge in [0, 0.05) is 25.2 Å². The topological polar surface area (TPSA) is 50.3 Å². The number of aromatic nitrogens is 2. The van der Waals surface area contributed by atoms with Crippen LogP contribution >= 0.6 is 15.9 Å². The average molecular weight is 345 g/mol. The van der Waals surface area contributed by atoms with E-state index in [2.05, 4.69) is 63.8 Å². The van der Waals surface area contributed by atoms with Gasteiger partial charge in [0.1, 0.15) is 6.61 Å². The van der Waals surface area contributed by atoms with Gasteiger partial charge >= 0.3 is 0 Å². The van der Waals surface area contributed by atoms with Gasteiger partial charge in [-0.25, -0.2) is 4.98 Å². The van der Waals surface area contributed by atoms with Gasteiger partial charge in [-0.15, -0.1) is 0 Å². The maximum absolute atomic E-state index is 5.77. The number of rotatable bonds is 8. The van der Waals surface area contributed by atoms with Crippen LogP contribution in [0.4, 0.5) is 5.95 Å². The minimum Gasteiger partial charge on any atom is -0.475 e. The van der Waals surface area contributed by atoms with Gasteiger partial charge in [-0.1, -0.05) is 0 Å². The Labute approximate surface area is 130 Å². The Morgan fingerprint density at radius 3 is 2.50 bits per heavy atom. The SMILES string of the molecule is CCNc1ncc(Br)c(OCCN(C(C)C)C(C)C)n1. The zero-order chi connectivity index (χ0) is 15.1. The summed E-state index contributed by atoms with van der Waals surface area (Å²) in [6.07, 6.45) is 1.71. The molecule has 0 atom stereocenters. The van der Waals surface area contributed by atoms with Crippen LogP contribution in [0.3, 0.4) is 0 Å². The molecule has 0 aliphatic carbocycles. The molecule has 1 aromatic heterocycles. The molecule has 5 nitrogen and oxygen atoms in total. The summed E-state index contributed by atoms with van der Waals surface area (Å²) in [6.45, 7) is 13.1. The average Bonchev–Trinajstić information content (AvgIpc) is 2.37. The summed E-state index contributed by atoms with van der Waals surface area (Å²) < 4.78 is 6.55. The van der Waals surface area contributed by atoms with Crippen LogP contribution in [0.5, 0.6) is 5.88 Å². The van der Waals surface area contributed by atoms with Crippen LogP contribution in [-0.2, 0) is 0 Å². The molecule has 0 aliphatic rings. The van der Waals surface area contributed by atoms with E-state index in [-0.39, 0.29) is 0 Å². The summed E-state index contributed by atoms with van der Waals surface area (Å²) in [5.74, 6) is 1.18. The fourth-order valence-corrected chi connectivity index (χ4v) is 2.36. The first-order valence-corrected chi connectivity index (χ1v) is 7.90.